The molecule has 0 spiro atoms. The number of nitrogens with two attached hydrogens (primary N) is 1. The smallest absolute Gasteiger partial charge is 0.248 e. The number of rotatable bonds is 11. The van der Waals surface area contributed by atoms with E-state index in [1.807, 2.05) is 54.6 Å². The van der Waals surface area contributed by atoms with E-state index in [2.05, 4.69) is 32.5 Å². The topological polar surface area (TPSA) is 129 Å². The number of hydrogen-bond donors (Lipinski definition) is 4. The number of aromatic nitrogens is 2. The van der Waals surface area contributed by atoms with Gasteiger partial charge in [-0.15, -0.1) is 0 Å². The van der Waals surface area contributed by atoms with Crippen molar-refractivity contribution >= 4 is 34.6 Å². The van der Waals surface area contributed by atoms with Crippen LogP contribution in [0.15, 0.2) is 97.3 Å². The number of anilines is 4. The van der Waals surface area contributed by atoms with E-state index in [9.17, 15) is 4.79 Å². The first-order chi connectivity index (χ1) is 20.0. The van der Waals surface area contributed by atoms with Crippen LogP contribution >= 0.6 is 0 Å². The fraction of sp³-hybridized carbons (Fsp3) is 0.188. The van der Waals surface area contributed by atoms with Crippen molar-refractivity contribution < 1.29 is 9.53 Å². The van der Waals surface area contributed by atoms with E-state index < -0.39 is 0 Å². The van der Waals surface area contributed by atoms with Gasteiger partial charge in [0.2, 0.25) is 5.91 Å². The zero-order valence-corrected chi connectivity index (χ0v) is 22.9. The van der Waals surface area contributed by atoms with Gasteiger partial charge in [-0.1, -0.05) is 36.8 Å². The van der Waals surface area contributed by atoms with Gasteiger partial charge < -0.3 is 21.1 Å². The summed E-state index contributed by atoms with van der Waals surface area (Å²) < 4.78 is 5.86. The summed E-state index contributed by atoms with van der Waals surface area (Å²) in [4.78, 5) is 23.2. The molecule has 1 aliphatic rings. The molecule has 9 nitrogen and oxygen atoms in total. The minimum Gasteiger partial charge on any atom is -0.457 e. The molecule has 4 aromatic rings. The number of likely N-dealkylation sites (N-methyl/N-ethyl adjacent to an activating group) is 1. The second-order valence-corrected chi connectivity index (χ2v) is 9.92. The molecule has 1 saturated carbocycles. The number of nitrogens with one attached hydrogen (secondary N) is 3. The monoisotopic (exact) mass is 547 g/mol. The molecule has 3 aromatic carbocycles. The summed E-state index contributed by atoms with van der Waals surface area (Å²) in [6, 6.07) is 24.6. The summed E-state index contributed by atoms with van der Waals surface area (Å²) in [6.45, 7) is 0.742. The molecular weight excluding hydrogens is 514 g/mol. The molecule has 0 aliphatic heterocycles. The largest absolute Gasteiger partial charge is 0.457 e. The van der Waals surface area contributed by atoms with Gasteiger partial charge in [-0.25, -0.2) is 9.97 Å². The van der Waals surface area contributed by atoms with Crippen molar-refractivity contribution in [1.82, 2.24) is 14.9 Å². The molecular formula is C32H33N7O2. The van der Waals surface area contributed by atoms with E-state index in [1.165, 1.54) is 25.6 Å². The van der Waals surface area contributed by atoms with E-state index in [0.29, 0.717) is 40.1 Å². The Labute approximate surface area is 239 Å². The fourth-order valence-electron chi connectivity index (χ4n) is 4.50. The van der Waals surface area contributed by atoms with E-state index in [1.54, 1.807) is 36.4 Å². The number of ether oxygens (including phenoxy) is 1. The third-order valence-electron chi connectivity index (χ3n) is 7.00. The highest BCUT2D eigenvalue weighted by molar-refractivity contribution is 6.16. The zero-order valence-electron chi connectivity index (χ0n) is 22.9. The number of nitrogen functional groups attached to an aromatic ring is 1. The van der Waals surface area contributed by atoms with Gasteiger partial charge in [0.15, 0.2) is 0 Å². The summed E-state index contributed by atoms with van der Waals surface area (Å²) >= 11 is 0. The third-order valence-corrected chi connectivity index (χ3v) is 7.00. The Kier molecular flexibility index (Phi) is 8.66. The number of hydrogen-bond acceptors (Lipinski definition) is 8. The van der Waals surface area contributed by atoms with Crippen molar-refractivity contribution in [2.75, 3.05) is 30.0 Å². The van der Waals surface area contributed by atoms with Crippen LogP contribution in [-0.4, -0.2) is 46.1 Å². The van der Waals surface area contributed by atoms with Crippen molar-refractivity contribution in [2.24, 2.45) is 0 Å². The van der Waals surface area contributed by atoms with Crippen LogP contribution < -0.4 is 21.1 Å². The Bertz CT molecular complexity index is 1530. The van der Waals surface area contributed by atoms with Crippen molar-refractivity contribution in [2.45, 2.75) is 25.3 Å². The maximum Gasteiger partial charge on any atom is 0.248 e. The average molecular weight is 548 g/mol. The highest BCUT2D eigenvalue weighted by Gasteiger charge is 2.21. The van der Waals surface area contributed by atoms with Crippen LogP contribution in [0, 0.1) is 5.41 Å². The number of amides is 1. The quantitative estimate of drug-likeness (QED) is 0.134. The van der Waals surface area contributed by atoms with Gasteiger partial charge >= 0.3 is 0 Å². The summed E-state index contributed by atoms with van der Waals surface area (Å²) in [5.74, 6) is 1.75. The van der Waals surface area contributed by atoms with E-state index >= 15 is 0 Å². The Morgan fingerprint density at radius 3 is 2.49 bits per heavy atom. The van der Waals surface area contributed by atoms with Gasteiger partial charge in [-0.2, -0.15) is 0 Å². The lowest BCUT2D eigenvalue weighted by molar-refractivity contribution is -0.111. The standard InChI is InChI=1S/C32H33N7O2/c1-39(25-10-6-11-25)19-7-14-28(40)37-23-8-5-9-24(20-23)38-32-29(31(34)35-21-36-32)30(33)22-15-17-27(18-16-22)41-26-12-3-2-4-13-26/h2-5,7-9,12-18,20-21,25,33H,6,10-11,19H2,1H3,(H,37,40)(H3,34,35,36,38)/b14-7+,33-30?. The molecule has 5 rings (SSSR count). The summed E-state index contributed by atoms with van der Waals surface area (Å²) in [6.07, 6.45) is 8.54. The van der Waals surface area contributed by atoms with Crippen molar-refractivity contribution in [3.8, 4) is 11.5 Å². The Morgan fingerprint density at radius 1 is 1.02 bits per heavy atom. The lowest BCUT2D eigenvalue weighted by atomic mass is 9.92. The normalized spacial score (nSPS) is 13.1. The predicted molar refractivity (Wildman–Crippen MR) is 163 cm³/mol. The van der Waals surface area contributed by atoms with Crippen molar-refractivity contribution in [3.05, 3.63) is 108 Å². The molecule has 1 fully saturated rings. The first-order valence-corrected chi connectivity index (χ1v) is 13.5. The summed E-state index contributed by atoms with van der Waals surface area (Å²) in [7, 11) is 2.09. The second kappa shape index (κ2) is 12.9. The number of benzene rings is 3. The van der Waals surface area contributed by atoms with Gasteiger partial charge in [0.25, 0.3) is 0 Å². The first kappa shape index (κ1) is 27.5. The van der Waals surface area contributed by atoms with E-state index in [-0.39, 0.29) is 17.4 Å². The number of carbonyl (C=O) groups is 1. The first-order valence-electron chi connectivity index (χ1n) is 13.5. The van der Waals surface area contributed by atoms with E-state index in [0.717, 1.165) is 12.3 Å². The van der Waals surface area contributed by atoms with Crippen LogP contribution in [-0.2, 0) is 4.79 Å². The molecule has 0 unspecified atom stereocenters. The zero-order chi connectivity index (χ0) is 28.6. The number of nitrogens with zero attached hydrogens (tertiary/aromatic N) is 3. The van der Waals surface area contributed by atoms with Crippen molar-refractivity contribution in [3.63, 3.8) is 0 Å². The predicted octanol–water partition coefficient (Wildman–Crippen LogP) is 5.99. The van der Waals surface area contributed by atoms with Gasteiger partial charge in [0, 0.05) is 35.6 Å². The van der Waals surface area contributed by atoms with Gasteiger partial charge in [-0.05, 0) is 74.5 Å². The van der Waals surface area contributed by atoms with Crippen LogP contribution in [0.3, 0.4) is 0 Å². The molecule has 41 heavy (non-hydrogen) atoms. The Hall–Kier alpha value is -5.02. The maximum atomic E-state index is 12.5. The van der Waals surface area contributed by atoms with Gasteiger partial charge in [0.05, 0.1) is 11.3 Å². The Balaban J connectivity index is 1.25. The molecule has 0 atom stereocenters. The Morgan fingerprint density at radius 2 is 1.76 bits per heavy atom. The van der Waals surface area contributed by atoms with Crippen LogP contribution in [0.5, 0.6) is 11.5 Å². The molecule has 1 aliphatic carbocycles. The third kappa shape index (κ3) is 7.14. The molecule has 0 saturated heterocycles. The molecule has 1 heterocycles. The minimum atomic E-state index is -0.197. The molecule has 0 bridgehead atoms. The van der Waals surface area contributed by atoms with Gasteiger partial charge in [-0.3, -0.25) is 15.1 Å². The highest BCUT2D eigenvalue weighted by atomic mass is 16.5. The molecule has 0 radical (unpaired) electrons. The number of carbonyl (C=O) groups excluding carboxylic acids is 1. The van der Waals surface area contributed by atoms with E-state index in [4.69, 9.17) is 15.9 Å². The minimum absolute atomic E-state index is 0.165. The van der Waals surface area contributed by atoms with Crippen LogP contribution in [0.2, 0.25) is 0 Å². The second-order valence-electron chi connectivity index (χ2n) is 9.92. The highest BCUT2D eigenvalue weighted by Crippen LogP contribution is 2.28. The van der Waals surface area contributed by atoms with Gasteiger partial charge in [0.1, 0.15) is 29.5 Å². The number of para-hydroxylation sites is 1. The fourth-order valence-corrected chi connectivity index (χ4v) is 4.50. The van der Waals surface area contributed by atoms with Crippen molar-refractivity contribution in [1.29, 1.82) is 5.41 Å². The van der Waals surface area contributed by atoms with Crippen LogP contribution in [0.1, 0.15) is 30.4 Å². The maximum absolute atomic E-state index is 12.5. The average Bonchev–Trinajstić information content (AvgIpc) is 2.93. The molecule has 1 aromatic heterocycles. The molecule has 9 heteroatoms. The SMILES string of the molecule is CN(C/C=C/C(=O)Nc1cccc(Nc2ncnc(N)c2C(=N)c2ccc(Oc3ccccc3)cc2)c1)C1CCC1. The summed E-state index contributed by atoms with van der Waals surface area (Å²) in [5, 5.41) is 15.0. The lowest BCUT2D eigenvalue weighted by Crippen LogP contribution is -2.37. The molecule has 208 valence electrons. The summed E-state index contributed by atoms with van der Waals surface area (Å²) in [5.41, 5.74) is 8.69. The van der Waals surface area contributed by atoms with Crippen LogP contribution in [0.25, 0.3) is 0 Å². The molecule has 1 amide bonds. The molecule has 5 N–H and O–H groups in total. The van der Waals surface area contributed by atoms with Crippen LogP contribution in [0.4, 0.5) is 23.0 Å². The lowest BCUT2D eigenvalue weighted by Gasteiger charge is -2.33.